The Hall–Kier alpha value is -3.00. The molecule has 4 rings (SSSR count). The maximum Gasteiger partial charge on any atom is 0.159 e. The van der Waals surface area contributed by atoms with E-state index in [0.29, 0.717) is 5.92 Å². The van der Waals surface area contributed by atoms with E-state index in [1.165, 1.54) is 16.7 Å². The van der Waals surface area contributed by atoms with Crippen molar-refractivity contribution in [3.05, 3.63) is 107 Å². The van der Waals surface area contributed by atoms with Crippen LogP contribution in [0.15, 0.2) is 101 Å². The number of fused-ring (bicyclic) bond motifs is 3. The minimum atomic E-state index is 0.257. The molecule has 2 atom stereocenters. The number of nitrogens with zero attached hydrogens (tertiary/aromatic N) is 2. The van der Waals surface area contributed by atoms with Crippen molar-refractivity contribution in [3.63, 3.8) is 0 Å². The van der Waals surface area contributed by atoms with E-state index in [2.05, 4.69) is 61.0 Å². The molecule has 0 bridgehead atoms. The highest BCUT2D eigenvalue weighted by Crippen LogP contribution is 2.45. The largest absolute Gasteiger partial charge is 0.237 e. The lowest BCUT2D eigenvalue weighted by atomic mass is 9.79. The van der Waals surface area contributed by atoms with E-state index < -0.39 is 0 Å². The molecule has 2 aromatic rings. The second kappa shape index (κ2) is 7.32. The van der Waals surface area contributed by atoms with E-state index in [1.54, 1.807) is 0 Å². The molecule has 0 aliphatic heterocycles. The summed E-state index contributed by atoms with van der Waals surface area (Å²) in [6, 6.07) is 18.9. The van der Waals surface area contributed by atoms with Gasteiger partial charge in [-0.05, 0) is 31.4 Å². The first kappa shape index (κ1) is 17.4. The number of benzene rings is 2. The Balaban J connectivity index is 1.73. The molecule has 0 fully saturated rings. The number of allylic oxidation sites excluding steroid dienone is 5. The fourth-order valence-electron chi connectivity index (χ4n) is 4.07. The van der Waals surface area contributed by atoms with Gasteiger partial charge in [-0.2, -0.15) is 0 Å². The van der Waals surface area contributed by atoms with Gasteiger partial charge in [0.25, 0.3) is 0 Å². The lowest BCUT2D eigenvalue weighted by molar-refractivity contribution is 0.710. The highest BCUT2D eigenvalue weighted by atomic mass is 14.9. The van der Waals surface area contributed by atoms with Crippen LogP contribution in [0.5, 0.6) is 0 Å². The van der Waals surface area contributed by atoms with Gasteiger partial charge in [-0.3, -0.25) is 0 Å². The molecule has 2 nitrogen and oxygen atoms in total. The third-order valence-corrected chi connectivity index (χ3v) is 5.27. The van der Waals surface area contributed by atoms with E-state index in [-0.39, 0.29) is 5.92 Å². The van der Waals surface area contributed by atoms with Crippen molar-refractivity contribution in [1.29, 1.82) is 0 Å². The van der Waals surface area contributed by atoms with Gasteiger partial charge >= 0.3 is 0 Å². The van der Waals surface area contributed by atoms with E-state index in [1.807, 2.05) is 37.3 Å². The predicted molar refractivity (Wildman–Crippen MR) is 115 cm³/mol. The third kappa shape index (κ3) is 3.48. The van der Waals surface area contributed by atoms with Crippen LogP contribution in [0.4, 0.5) is 0 Å². The Kier molecular flexibility index (Phi) is 4.72. The zero-order valence-corrected chi connectivity index (χ0v) is 15.9. The summed E-state index contributed by atoms with van der Waals surface area (Å²) in [5.41, 5.74) is 7.22. The van der Waals surface area contributed by atoms with Gasteiger partial charge < -0.3 is 0 Å². The van der Waals surface area contributed by atoms with Crippen molar-refractivity contribution in [3.8, 4) is 0 Å². The summed E-state index contributed by atoms with van der Waals surface area (Å²) >= 11 is 0. The zero-order valence-electron chi connectivity index (χ0n) is 15.9. The molecular formula is C25H24N2. The van der Waals surface area contributed by atoms with E-state index in [0.717, 1.165) is 29.2 Å². The summed E-state index contributed by atoms with van der Waals surface area (Å²) in [6.07, 6.45) is 7.77. The van der Waals surface area contributed by atoms with Crippen molar-refractivity contribution < 1.29 is 0 Å². The molecule has 134 valence electrons. The molecule has 0 radical (unpaired) electrons. The lowest BCUT2D eigenvalue weighted by Gasteiger charge is -2.26. The Morgan fingerprint density at radius 3 is 2.48 bits per heavy atom. The zero-order chi connectivity index (χ0) is 18.8. The van der Waals surface area contributed by atoms with Gasteiger partial charge in [-0.1, -0.05) is 85.0 Å². The van der Waals surface area contributed by atoms with Crippen LogP contribution in [-0.2, 0) is 6.42 Å². The van der Waals surface area contributed by atoms with Gasteiger partial charge in [0.15, 0.2) is 5.84 Å². The van der Waals surface area contributed by atoms with Gasteiger partial charge in [0, 0.05) is 28.8 Å². The van der Waals surface area contributed by atoms with Crippen LogP contribution in [0, 0.1) is 5.92 Å². The molecule has 2 aliphatic rings. The number of hydrogen-bond donors (Lipinski definition) is 0. The maximum atomic E-state index is 4.97. The standard InChI is InChI=1S/C25H24N2/c1-17(2)26-25(19-10-5-4-6-11-19)27-18(3)22-15-9-13-21-16-20-12-7-8-14-23(20)24(21)22/h4-15,22,24H,1,16H2,2-3H3. The first-order valence-electron chi connectivity index (χ1n) is 9.43. The molecule has 2 heteroatoms. The quantitative estimate of drug-likeness (QED) is 0.487. The van der Waals surface area contributed by atoms with Gasteiger partial charge in [0.1, 0.15) is 0 Å². The molecule has 2 aromatic carbocycles. The van der Waals surface area contributed by atoms with Crippen LogP contribution in [0.1, 0.15) is 36.5 Å². The maximum absolute atomic E-state index is 4.97. The minimum Gasteiger partial charge on any atom is -0.237 e. The minimum absolute atomic E-state index is 0.257. The molecule has 27 heavy (non-hydrogen) atoms. The Morgan fingerprint density at radius 1 is 0.963 bits per heavy atom. The first-order valence-corrected chi connectivity index (χ1v) is 9.43. The molecule has 0 N–H and O–H groups in total. The first-order chi connectivity index (χ1) is 13.1. The van der Waals surface area contributed by atoms with Crippen molar-refractivity contribution in [1.82, 2.24) is 0 Å². The summed E-state index contributed by atoms with van der Waals surface area (Å²) in [4.78, 5) is 9.58. The number of rotatable bonds is 3. The van der Waals surface area contributed by atoms with E-state index in [4.69, 9.17) is 4.99 Å². The molecule has 0 aromatic heterocycles. The average Bonchev–Trinajstić information content (AvgIpc) is 3.06. The van der Waals surface area contributed by atoms with Gasteiger partial charge in [-0.15, -0.1) is 0 Å². The summed E-state index contributed by atoms with van der Waals surface area (Å²) in [7, 11) is 0. The molecule has 2 unspecified atom stereocenters. The molecular weight excluding hydrogens is 328 g/mol. The Labute approximate surface area is 161 Å². The Bertz CT molecular complexity index is 990. The fraction of sp³-hybridized carbons (Fsp3) is 0.200. The third-order valence-electron chi connectivity index (χ3n) is 5.27. The van der Waals surface area contributed by atoms with Gasteiger partial charge in [0.05, 0.1) is 0 Å². The number of aliphatic imine (C=N–C) groups is 2. The molecule has 0 spiro atoms. The summed E-state index contributed by atoms with van der Waals surface area (Å²) < 4.78 is 0. The topological polar surface area (TPSA) is 24.7 Å². The van der Waals surface area contributed by atoms with Crippen LogP contribution in [0.2, 0.25) is 0 Å². The van der Waals surface area contributed by atoms with Crippen molar-refractivity contribution in [2.75, 3.05) is 0 Å². The highest BCUT2D eigenvalue weighted by molar-refractivity contribution is 6.08. The van der Waals surface area contributed by atoms with Gasteiger partial charge in [0.2, 0.25) is 0 Å². The van der Waals surface area contributed by atoms with Gasteiger partial charge in [-0.25, -0.2) is 9.98 Å². The highest BCUT2D eigenvalue weighted by Gasteiger charge is 2.34. The smallest absolute Gasteiger partial charge is 0.159 e. The lowest BCUT2D eigenvalue weighted by Crippen LogP contribution is -2.21. The average molecular weight is 352 g/mol. The second-order valence-corrected chi connectivity index (χ2v) is 7.30. The van der Waals surface area contributed by atoms with E-state index in [9.17, 15) is 0 Å². The fourth-order valence-corrected chi connectivity index (χ4v) is 4.07. The van der Waals surface area contributed by atoms with E-state index >= 15 is 0 Å². The summed E-state index contributed by atoms with van der Waals surface area (Å²) in [5, 5.41) is 0. The number of hydrogen-bond acceptors (Lipinski definition) is 1. The predicted octanol–water partition coefficient (Wildman–Crippen LogP) is 5.88. The van der Waals surface area contributed by atoms with Crippen LogP contribution >= 0.6 is 0 Å². The van der Waals surface area contributed by atoms with Crippen molar-refractivity contribution in [2.24, 2.45) is 15.9 Å². The monoisotopic (exact) mass is 352 g/mol. The van der Waals surface area contributed by atoms with Crippen LogP contribution in [0.25, 0.3) is 0 Å². The SMILES string of the molecule is C=C(C)N=C(N=C(C)C1C=CC=C2Cc3ccccc3C21)c1ccccc1. The van der Waals surface area contributed by atoms with Crippen LogP contribution in [0.3, 0.4) is 0 Å². The van der Waals surface area contributed by atoms with Crippen molar-refractivity contribution in [2.45, 2.75) is 26.2 Å². The summed E-state index contributed by atoms with van der Waals surface area (Å²) in [6.45, 7) is 7.97. The molecule has 0 amide bonds. The van der Waals surface area contributed by atoms with Crippen LogP contribution < -0.4 is 0 Å². The Morgan fingerprint density at radius 2 is 1.70 bits per heavy atom. The molecule has 0 heterocycles. The number of amidine groups is 1. The normalized spacial score (nSPS) is 21.5. The summed E-state index contributed by atoms with van der Waals surface area (Å²) in [5.74, 6) is 1.38. The molecule has 0 saturated heterocycles. The molecule has 2 aliphatic carbocycles. The molecule has 0 saturated carbocycles. The van der Waals surface area contributed by atoms with Crippen LogP contribution in [-0.4, -0.2) is 11.5 Å². The second-order valence-electron chi connectivity index (χ2n) is 7.30. The van der Waals surface area contributed by atoms with Crippen molar-refractivity contribution >= 4 is 11.5 Å².